The zero-order valence-electron chi connectivity index (χ0n) is 16.6. The number of para-hydroxylation sites is 1. The molecule has 1 aliphatic heterocycles. The van der Waals surface area contributed by atoms with E-state index in [1.54, 1.807) is 29.2 Å². The summed E-state index contributed by atoms with van der Waals surface area (Å²) in [5.41, 5.74) is 10.2. The van der Waals surface area contributed by atoms with E-state index in [-0.39, 0.29) is 17.7 Å². The van der Waals surface area contributed by atoms with Crippen molar-refractivity contribution < 1.29 is 9.90 Å². The van der Waals surface area contributed by atoms with Gasteiger partial charge >= 0.3 is 0 Å². The maximum absolute atomic E-state index is 12.6. The minimum atomic E-state index is -0.165. The highest BCUT2D eigenvalue weighted by Crippen LogP contribution is 2.36. The number of aromatic hydroxyl groups is 1. The number of anilines is 2. The van der Waals surface area contributed by atoms with Gasteiger partial charge in [0.05, 0.1) is 11.4 Å². The number of hydrogen-bond acceptors (Lipinski definition) is 6. The van der Waals surface area contributed by atoms with Crippen LogP contribution in [-0.2, 0) is 11.2 Å². The lowest BCUT2D eigenvalue weighted by atomic mass is 9.97. The van der Waals surface area contributed by atoms with Crippen LogP contribution in [0.5, 0.6) is 5.75 Å². The normalized spacial score (nSPS) is 15.6. The number of nitrogens with two attached hydrogens (primary N) is 1. The molecule has 0 radical (unpaired) electrons. The fourth-order valence-corrected chi connectivity index (χ4v) is 4.13. The molecule has 0 saturated heterocycles. The van der Waals surface area contributed by atoms with Crippen LogP contribution in [0.1, 0.15) is 11.6 Å². The minimum absolute atomic E-state index is 0.151. The van der Waals surface area contributed by atoms with Gasteiger partial charge in [0.25, 0.3) is 0 Å². The number of fused-ring (bicyclic) bond motifs is 2. The Morgan fingerprint density at radius 3 is 2.71 bits per heavy atom. The van der Waals surface area contributed by atoms with E-state index in [4.69, 9.17) is 10.8 Å². The molecule has 1 atom stereocenters. The molecule has 2 aromatic heterocycles. The van der Waals surface area contributed by atoms with Crippen LogP contribution in [0.15, 0.2) is 67.5 Å². The lowest BCUT2D eigenvalue weighted by Crippen LogP contribution is -2.40. The number of carbonyl (C=O) groups is 1. The Hall–Kier alpha value is -4.20. The minimum Gasteiger partial charge on any atom is -0.508 e. The van der Waals surface area contributed by atoms with Crippen molar-refractivity contribution in [2.45, 2.75) is 12.5 Å². The van der Waals surface area contributed by atoms with E-state index in [0.717, 1.165) is 16.8 Å². The molecule has 1 unspecified atom stereocenters. The number of amides is 1. The van der Waals surface area contributed by atoms with Crippen molar-refractivity contribution in [3.8, 4) is 17.0 Å². The van der Waals surface area contributed by atoms with E-state index in [0.29, 0.717) is 35.5 Å². The highest BCUT2D eigenvalue weighted by molar-refractivity contribution is 6.02. The number of aromatic nitrogens is 4. The molecule has 0 fully saturated rings. The van der Waals surface area contributed by atoms with Crippen LogP contribution < -0.4 is 10.6 Å². The summed E-state index contributed by atoms with van der Waals surface area (Å²) >= 11 is 0. The van der Waals surface area contributed by atoms with Crippen molar-refractivity contribution >= 4 is 28.4 Å². The number of nitrogens with zero attached hydrogens (tertiary/aromatic N) is 5. The second-order valence-corrected chi connectivity index (χ2v) is 7.44. The van der Waals surface area contributed by atoms with Crippen molar-refractivity contribution in [2.75, 3.05) is 17.2 Å². The number of rotatable bonds is 3. The summed E-state index contributed by atoms with van der Waals surface area (Å²) in [4.78, 5) is 22.9. The molecule has 4 aromatic rings. The van der Waals surface area contributed by atoms with Gasteiger partial charge in [-0.3, -0.25) is 4.79 Å². The molecule has 8 nitrogen and oxygen atoms in total. The SMILES string of the molecule is C=CC(=O)N1CC(n2nc(-c3ccc(O)cc3)c3c(N)ncnc32)Cc2ccccc21. The van der Waals surface area contributed by atoms with Gasteiger partial charge in [-0.1, -0.05) is 24.8 Å². The van der Waals surface area contributed by atoms with Crippen molar-refractivity contribution in [2.24, 2.45) is 0 Å². The molecule has 0 spiro atoms. The summed E-state index contributed by atoms with van der Waals surface area (Å²) in [6, 6.07) is 14.4. The molecule has 1 amide bonds. The van der Waals surface area contributed by atoms with E-state index in [2.05, 4.69) is 16.5 Å². The van der Waals surface area contributed by atoms with Gasteiger partial charge in [0.2, 0.25) is 5.91 Å². The molecular formula is C23H20N6O2. The molecule has 0 saturated carbocycles. The molecule has 0 bridgehead atoms. The van der Waals surface area contributed by atoms with Crippen LogP contribution in [0.2, 0.25) is 0 Å². The molecule has 154 valence electrons. The van der Waals surface area contributed by atoms with Gasteiger partial charge < -0.3 is 15.7 Å². The quantitative estimate of drug-likeness (QED) is 0.500. The lowest BCUT2D eigenvalue weighted by Gasteiger charge is -2.34. The van der Waals surface area contributed by atoms with Gasteiger partial charge in [0.1, 0.15) is 23.6 Å². The largest absolute Gasteiger partial charge is 0.508 e. The smallest absolute Gasteiger partial charge is 0.250 e. The number of phenols is 1. The zero-order valence-corrected chi connectivity index (χ0v) is 16.6. The van der Waals surface area contributed by atoms with Crippen LogP contribution in [0.4, 0.5) is 11.5 Å². The molecule has 0 aliphatic carbocycles. The van der Waals surface area contributed by atoms with Crippen molar-refractivity contribution in [3.05, 3.63) is 73.1 Å². The number of phenolic OH excluding ortho intramolecular Hbond substituents is 1. The summed E-state index contributed by atoms with van der Waals surface area (Å²) in [6.45, 7) is 4.08. The first kappa shape index (κ1) is 18.8. The summed E-state index contributed by atoms with van der Waals surface area (Å²) in [7, 11) is 0. The van der Waals surface area contributed by atoms with E-state index in [9.17, 15) is 9.90 Å². The van der Waals surface area contributed by atoms with Crippen molar-refractivity contribution in [1.82, 2.24) is 19.7 Å². The Morgan fingerprint density at radius 1 is 1.16 bits per heavy atom. The zero-order chi connectivity index (χ0) is 21.5. The lowest BCUT2D eigenvalue weighted by molar-refractivity contribution is -0.114. The van der Waals surface area contributed by atoms with Gasteiger partial charge in [-0.2, -0.15) is 5.10 Å². The second-order valence-electron chi connectivity index (χ2n) is 7.44. The highest BCUT2D eigenvalue weighted by Gasteiger charge is 2.31. The first-order chi connectivity index (χ1) is 15.1. The predicted octanol–water partition coefficient (Wildman–Crippen LogP) is 3.10. The van der Waals surface area contributed by atoms with Crippen LogP contribution in [0.3, 0.4) is 0 Å². The van der Waals surface area contributed by atoms with Gasteiger partial charge in [-0.15, -0.1) is 0 Å². The second kappa shape index (κ2) is 7.24. The third kappa shape index (κ3) is 3.09. The third-order valence-corrected chi connectivity index (χ3v) is 5.58. The molecule has 3 heterocycles. The molecule has 3 N–H and O–H groups in total. The summed E-state index contributed by atoms with van der Waals surface area (Å²) in [5, 5.41) is 15.2. The number of benzene rings is 2. The standard InChI is InChI=1S/C23H20N6O2/c1-2-19(31)28-12-16(11-15-5-3-4-6-18(15)28)29-23-20(22(24)25-13-26-23)21(27-29)14-7-9-17(30)10-8-14/h2-10,13,16,30H,1,11-12H2,(H2,24,25,26). The maximum atomic E-state index is 12.6. The molecule has 2 aromatic carbocycles. The van der Waals surface area contributed by atoms with Crippen LogP contribution >= 0.6 is 0 Å². The number of hydrogen-bond donors (Lipinski definition) is 2. The van der Waals surface area contributed by atoms with E-state index in [1.165, 1.54) is 12.4 Å². The van der Waals surface area contributed by atoms with Gasteiger partial charge in [-0.25, -0.2) is 14.6 Å². The molecule has 31 heavy (non-hydrogen) atoms. The van der Waals surface area contributed by atoms with Crippen LogP contribution in [0, 0.1) is 0 Å². The van der Waals surface area contributed by atoms with Crippen LogP contribution in [-0.4, -0.2) is 37.3 Å². The first-order valence-corrected chi connectivity index (χ1v) is 9.86. The Bertz CT molecular complexity index is 1310. The Morgan fingerprint density at radius 2 is 1.94 bits per heavy atom. The third-order valence-electron chi connectivity index (χ3n) is 5.58. The van der Waals surface area contributed by atoms with Gasteiger partial charge in [0, 0.05) is 17.8 Å². The van der Waals surface area contributed by atoms with Gasteiger partial charge in [0.15, 0.2) is 5.65 Å². The van der Waals surface area contributed by atoms with E-state index in [1.807, 2.05) is 28.9 Å². The van der Waals surface area contributed by atoms with Gasteiger partial charge in [-0.05, 0) is 48.4 Å². The monoisotopic (exact) mass is 412 g/mol. The predicted molar refractivity (Wildman–Crippen MR) is 119 cm³/mol. The van der Waals surface area contributed by atoms with Crippen molar-refractivity contribution in [3.63, 3.8) is 0 Å². The fourth-order valence-electron chi connectivity index (χ4n) is 4.13. The summed E-state index contributed by atoms with van der Waals surface area (Å²) in [5.74, 6) is 0.329. The first-order valence-electron chi connectivity index (χ1n) is 9.86. The molecule has 1 aliphatic rings. The molecular weight excluding hydrogens is 392 g/mol. The Labute approximate surface area is 178 Å². The number of carbonyl (C=O) groups excluding carboxylic acids is 1. The van der Waals surface area contributed by atoms with Crippen LogP contribution in [0.25, 0.3) is 22.3 Å². The number of nitrogen functional groups attached to an aromatic ring is 1. The molecule has 8 heteroatoms. The van der Waals surface area contributed by atoms with Crippen molar-refractivity contribution in [1.29, 1.82) is 0 Å². The fraction of sp³-hybridized carbons (Fsp3) is 0.130. The average molecular weight is 412 g/mol. The highest BCUT2D eigenvalue weighted by atomic mass is 16.3. The Balaban J connectivity index is 1.67. The molecule has 5 rings (SSSR count). The topological polar surface area (TPSA) is 110 Å². The average Bonchev–Trinajstić information content (AvgIpc) is 3.19. The summed E-state index contributed by atoms with van der Waals surface area (Å²) < 4.78 is 1.83. The summed E-state index contributed by atoms with van der Waals surface area (Å²) in [6.07, 6.45) is 3.43. The Kier molecular flexibility index (Phi) is 4.39. The maximum Gasteiger partial charge on any atom is 0.250 e. The van der Waals surface area contributed by atoms with E-state index < -0.39 is 0 Å². The van der Waals surface area contributed by atoms with E-state index >= 15 is 0 Å².